The highest BCUT2D eigenvalue weighted by Crippen LogP contribution is 2.40. The number of hydrogen-bond acceptors (Lipinski definition) is 6. The molecule has 5 nitrogen and oxygen atoms in total. The molecule has 2 heterocycles. The van der Waals surface area contributed by atoms with Gasteiger partial charge in [-0.1, -0.05) is 18.2 Å². The minimum atomic E-state index is -0.0915. The number of hydrogen-bond donors (Lipinski definition) is 1. The van der Waals surface area contributed by atoms with Gasteiger partial charge in [0, 0.05) is 21.3 Å². The maximum Gasteiger partial charge on any atom is 0.261 e. The number of amides is 1. The van der Waals surface area contributed by atoms with Gasteiger partial charge < -0.3 is 19.5 Å². The molecule has 28 heavy (non-hydrogen) atoms. The molecule has 2 aromatic heterocycles. The number of carbonyl (C=O) groups excluding carboxylic acids is 1. The largest absolute Gasteiger partial charge is 0.493 e. The van der Waals surface area contributed by atoms with Gasteiger partial charge in [0.1, 0.15) is 0 Å². The maximum absolute atomic E-state index is 12.7. The number of ether oxygens (including phenoxy) is 3. The van der Waals surface area contributed by atoms with Crippen LogP contribution in [0.1, 0.15) is 15.2 Å². The second kappa shape index (κ2) is 7.69. The number of carbonyl (C=O) groups is 1. The molecule has 7 heteroatoms. The Balaban J connectivity index is 1.55. The lowest BCUT2D eigenvalue weighted by atomic mass is 10.1. The van der Waals surface area contributed by atoms with Gasteiger partial charge >= 0.3 is 0 Å². The molecular weight excluding hydrogens is 394 g/mol. The molecule has 0 unspecified atom stereocenters. The monoisotopic (exact) mass is 413 g/mol. The molecule has 0 radical (unpaired) electrons. The van der Waals surface area contributed by atoms with Gasteiger partial charge in [-0.15, -0.1) is 22.7 Å². The fraction of sp³-hybridized carbons (Fsp3) is 0.190. The van der Waals surface area contributed by atoms with Crippen molar-refractivity contribution in [3.63, 3.8) is 0 Å². The highest BCUT2D eigenvalue weighted by Gasteiger charge is 2.16. The molecule has 0 aliphatic carbocycles. The summed E-state index contributed by atoms with van der Waals surface area (Å²) in [4.78, 5) is 13.4. The molecule has 0 saturated heterocycles. The first kappa shape index (κ1) is 18.6. The van der Waals surface area contributed by atoms with E-state index in [1.54, 1.807) is 32.7 Å². The van der Waals surface area contributed by atoms with Crippen molar-refractivity contribution in [2.24, 2.45) is 0 Å². The molecular formula is C21H19NO4S2. The Morgan fingerprint density at radius 2 is 1.64 bits per heavy atom. The summed E-state index contributed by atoms with van der Waals surface area (Å²) >= 11 is 3.24. The van der Waals surface area contributed by atoms with E-state index in [1.807, 2.05) is 30.3 Å². The van der Waals surface area contributed by atoms with Crippen LogP contribution in [0, 0.1) is 0 Å². The molecule has 0 saturated carbocycles. The van der Waals surface area contributed by atoms with Gasteiger partial charge in [0.2, 0.25) is 5.75 Å². The van der Waals surface area contributed by atoms with Crippen LogP contribution < -0.4 is 19.5 Å². The van der Waals surface area contributed by atoms with Gasteiger partial charge in [-0.25, -0.2) is 0 Å². The van der Waals surface area contributed by atoms with Gasteiger partial charge in [-0.05, 0) is 29.8 Å². The fourth-order valence-corrected chi connectivity index (χ4v) is 5.56. The van der Waals surface area contributed by atoms with Crippen molar-refractivity contribution in [1.82, 2.24) is 5.32 Å². The summed E-state index contributed by atoms with van der Waals surface area (Å²) in [6.07, 6.45) is 0. The first-order chi connectivity index (χ1) is 13.6. The summed E-state index contributed by atoms with van der Waals surface area (Å²) < 4.78 is 19.6. The predicted molar refractivity (Wildman–Crippen MR) is 114 cm³/mol. The second-order valence-corrected chi connectivity index (χ2v) is 8.25. The lowest BCUT2D eigenvalue weighted by Crippen LogP contribution is -2.21. The molecule has 1 amide bonds. The molecule has 2 aromatic carbocycles. The third kappa shape index (κ3) is 3.27. The van der Waals surface area contributed by atoms with E-state index in [1.165, 1.54) is 26.1 Å². The Morgan fingerprint density at radius 3 is 2.32 bits per heavy atom. The van der Waals surface area contributed by atoms with Crippen molar-refractivity contribution in [3.05, 3.63) is 52.9 Å². The van der Waals surface area contributed by atoms with Crippen LogP contribution >= 0.6 is 22.7 Å². The van der Waals surface area contributed by atoms with Crippen LogP contribution in [0.3, 0.4) is 0 Å². The summed E-state index contributed by atoms with van der Waals surface area (Å²) in [5.41, 5.74) is 0.867. The Bertz CT molecular complexity index is 1140. The van der Waals surface area contributed by atoms with Crippen molar-refractivity contribution in [2.75, 3.05) is 21.3 Å². The number of benzene rings is 2. The highest BCUT2D eigenvalue weighted by atomic mass is 32.1. The van der Waals surface area contributed by atoms with Crippen LogP contribution in [0.4, 0.5) is 0 Å². The SMILES string of the molecule is COc1cc(CNC(=O)c2cc3sc4ccccc4c3s2)cc(OC)c1OC. The zero-order valence-electron chi connectivity index (χ0n) is 15.7. The molecule has 0 atom stereocenters. The average Bonchev–Trinajstić information content (AvgIpc) is 3.29. The zero-order chi connectivity index (χ0) is 19.7. The normalized spacial score (nSPS) is 11.0. The van der Waals surface area contributed by atoms with Crippen molar-refractivity contribution < 1.29 is 19.0 Å². The minimum absolute atomic E-state index is 0.0915. The zero-order valence-corrected chi connectivity index (χ0v) is 17.3. The van der Waals surface area contributed by atoms with Gasteiger partial charge in [0.05, 0.1) is 30.9 Å². The molecule has 0 fully saturated rings. The van der Waals surface area contributed by atoms with Crippen molar-refractivity contribution in [2.45, 2.75) is 6.54 Å². The van der Waals surface area contributed by atoms with Gasteiger partial charge in [0.15, 0.2) is 11.5 Å². The molecule has 0 aliphatic heterocycles. The Hall–Kier alpha value is -2.77. The van der Waals surface area contributed by atoms with Crippen molar-refractivity contribution in [3.8, 4) is 17.2 Å². The van der Waals surface area contributed by atoms with E-state index in [4.69, 9.17) is 14.2 Å². The molecule has 0 spiro atoms. The van der Waals surface area contributed by atoms with Crippen LogP contribution in [0.25, 0.3) is 19.5 Å². The standard InChI is InChI=1S/C21H19NO4S2/c1-24-14-8-12(9-15(25-2)19(14)26-3)11-22-21(23)18-10-17-20(28-18)13-6-4-5-7-16(13)27-17/h4-10H,11H2,1-3H3,(H,22,23). The van der Waals surface area contributed by atoms with Crippen molar-refractivity contribution >= 4 is 48.1 Å². The van der Waals surface area contributed by atoms with Gasteiger partial charge in [-0.2, -0.15) is 0 Å². The Morgan fingerprint density at radius 1 is 0.929 bits per heavy atom. The summed E-state index contributed by atoms with van der Waals surface area (Å²) in [5.74, 6) is 1.57. The van der Waals surface area contributed by atoms with E-state index in [9.17, 15) is 4.79 Å². The lowest BCUT2D eigenvalue weighted by molar-refractivity contribution is 0.0955. The minimum Gasteiger partial charge on any atom is -0.493 e. The smallest absolute Gasteiger partial charge is 0.261 e. The molecule has 1 N–H and O–H groups in total. The van der Waals surface area contributed by atoms with E-state index in [2.05, 4.69) is 17.4 Å². The van der Waals surface area contributed by atoms with Crippen LogP contribution in [-0.2, 0) is 6.54 Å². The quantitative estimate of drug-likeness (QED) is 0.479. The highest BCUT2D eigenvalue weighted by molar-refractivity contribution is 7.33. The second-order valence-electron chi connectivity index (χ2n) is 6.12. The van der Waals surface area contributed by atoms with Crippen LogP contribution in [0.15, 0.2) is 42.5 Å². The van der Waals surface area contributed by atoms with E-state index in [0.29, 0.717) is 28.7 Å². The number of methoxy groups -OCH3 is 3. The Kier molecular flexibility index (Phi) is 5.11. The van der Waals surface area contributed by atoms with E-state index < -0.39 is 0 Å². The van der Waals surface area contributed by atoms with E-state index in [0.717, 1.165) is 10.3 Å². The first-order valence-electron chi connectivity index (χ1n) is 8.62. The molecule has 144 valence electrons. The molecule has 0 aliphatic rings. The van der Waals surface area contributed by atoms with E-state index in [-0.39, 0.29) is 5.91 Å². The first-order valence-corrected chi connectivity index (χ1v) is 10.3. The molecule has 4 aromatic rings. The number of rotatable bonds is 6. The lowest BCUT2D eigenvalue weighted by Gasteiger charge is -2.14. The number of fused-ring (bicyclic) bond motifs is 3. The van der Waals surface area contributed by atoms with Crippen LogP contribution in [0.5, 0.6) is 17.2 Å². The summed E-state index contributed by atoms with van der Waals surface area (Å²) in [5, 5.41) is 4.18. The van der Waals surface area contributed by atoms with E-state index >= 15 is 0 Å². The summed E-state index contributed by atoms with van der Waals surface area (Å²) in [7, 11) is 4.71. The third-order valence-electron chi connectivity index (χ3n) is 4.45. The van der Waals surface area contributed by atoms with Crippen LogP contribution in [-0.4, -0.2) is 27.2 Å². The fourth-order valence-electron chi connectivity index (χ4n) is 3.12. The Labute approximate surface area is 170 Å². The van der Waals surface area contributed by atoms with Crippen molar-refractivity contribution in [1.29, 1.82) is 0 Å². The predicted octanol–water partition coefficient (Wildman–Crippen LogP) is 5.07. The third-order valence-corrected chi connectivity index (χ3v) is 6.87. The summed E-state index contributed by atoms with van der Waals surface area (Å²) in [6.45, 7) is 0.363. The van der Waals surface area contributed by atoms with Gasteiger partial charge in [0.25, 0.3) is 5.91 Å². The average molecular weight is 414 g/mol. The molecule has 0 bridgehead atoms. The summed E-state index contributed by atoms with van der Waals surface area (Å²) in [6, 6.07) is 13.9. The maximum atomic E-state index is 12.7. The van der Waals surface area contributed by atoms with Crippen LogP contribution in [0.2, 0.25) is 0 Å². The number of thiophene rings is 2. The topological polar surface area (TPSA) is 56.8 Å². The van der Waals surface area contributed by atoms with Gasteiger partial charge in [-0.3, -0.25) is 4.79 Å². The molecule has 4 rings (SSSR count). The number of nitrogens with one attached hydrogen (secondary N) is 1.